The topological polar surface area (TPSA) is 73.9 Å². The first-order valence-electron chi connectivity index (χ1n) is 7.39. The molecule has 3 atom stereocenters. The van der Waals surface area contributed by atoms with E-state index >= 15 is 0 Å². The molecule has 1 fully saturated rings. The molecule has 0 amide bonds. The van der Waals surface area contributed by atoms with Crippen molar-refractivity contribution in [3.8, 4) is 11.5 Å². The zero-order chi connectivity index (χ0) is 15.2. The lowest BCUT2D eigenvalue weighted by Crippen LogP contribution is -2.36. The van der Waals surface area contributed by atoms with E-state index in [0.29, 0.717) is 24.7 Å². The van der Waals surface area contributed by atoms with E-state index in [1.165, 1.54) is 0 Å². The van der Waals surface area contributed by atoms with Crippen LogP contribution in [0.15, 0.2) is 18.2 Å². The van der Waals surface area contributed by atoms with E-state index in [9.17, 15) is 5.11 Å². The van der Waals surface area contributed by atoms with Crippen molar-refractivity contribution in [2.45, 2.75) is 24.9 Å². The summed E-state index contributed by atoms with van der Waals surface area (Å²) in [6.45, 7) is 1.77. The minimum absolute atomic E-state index is 0.128. The highest BCUT2D eigenvalue weighted by molar-refractivity contribution is 5.44. The Hall–Kier alpha value is -1.30. The van der Waals surface area contributed by atoms with Crippen molar-refractivity contribution in [2.24, 2.45) is 11.7 Å². The molecular weight excluding hydrogens is 270 g/mol. The molecule has 1 saturated heterocycles. The number of hydrogen-bond acceptors (Lipinski definition) is 5. The molecule has 3 N–H and O–H groups in total. The second kappa shape index (κ2) is 7.64. The summed E-state index contributed by atoms with van der Waals surface area (Å²) in [5.74, 6) is 1.34. The van der Waals surface area contributed by atoms with Crippen LogP contribution in [0.2, 0.25) is 0 Å². The van der Waals surface area contributed by atoms with Gasteiger partial charge in [-0.1, -0.05) is 6.07 Å². The first-order valence-corrected chi connectivity index (χ1v) is 7.39. The number of methoxy groups -OCH3 is 2. The van der Waals surface area contributed by atoms with Crippen molar-refractivity contribution < 1.29 is 19.3 Å². The zero-order valence-electron chi connectivity index (χ0n) is 12.7. The normalized spacial score (nSPS) is 21.6. The van der Waals surface area contributed by atoms with Crippen molar-refractivity contribution in [3.05, 3.63) is 23.8 Å². The summed E-state index contributed by atoms with van der Waals surface area (Å²) in [5.41, 5.74) is 6.87. The van der Waals surface area contributed by atoms with Crippen molar-refractivity contribution in [2.75, 3.05) is 34.0 Å². The summed E-state index contributed by atoms with van der Waals surface area (Å²) in [5, 5.41) is 10.6. The molecule has 1 aromatic carbocycles. The van der Waals surface area contributed by atoms with Gasteiger partial charge in [-0.05, 0) is 30.5 Å². The number of aliphatic hydroxyl groups excluding tert-OH is 1. The highest BCUT2D eigenvalue weighted by Gasteiger charge is 2.30. The Bertz CT molecular complexity index is 446. The molecule has 0 saturated carbocycles. The fraction of sp³-hybridized carbons (Fsp3) is 0.625. The lowest BCUT2D eigenvalue weighted by Gasteiger charge is -2.32. The van der Waals surface area contributed by atoms with Crippen LogP contribution < -0.4 is 15.2 Å². The molecule has 0 radical (unpaired) electrons. The van der Waals surface area contributed by atoms with Gasteiger partial charge in [0.2, 0.25) is 0 Å². The molecule has 118 valence electrons. The van der Waals surface area contributed by atoms with E-state index < -0.39 is 6.10 Å². The average Bonchev–Trinajstić information content (AvgIpc) is 2.56. The quantitative estimate of drug-likeness (QED) is 0.832. The van der Waals surface area contributed by atoms with Gasteiger partial charge in [0.1, 0.15) is 0 Å². The molecule has 5 heteroatoms. The largest absolute Gasteiger partial charge is 0.493 e. The van der Waals surface area contributed by atoms with Crippen molar-refractivity contribution in [3.63, 3.8) is 0 Å². The number of aliphatic hydroxyl groups is 1. The van der Waals surface area contributed by atoms with E-state index in [4.69, 9.17) is 19.9 Å². The summed E-state index contributed by atoms with van der Waals surface area (Å²) >= 11 is 0. The maximum atomic E-state index is 10.6. The van der Waals surface area contributed by atoms with Gasteiger partial charge in [0.15, 0.2) is 11.5 Å². The smallest absolute Gasteiger partial charge is 0.160 e. The van der Waals surface area contributed by atoms with Crippen LogP contribution in [0, 0.1) is 5.92 Å². The third-order valence-corrected chi connectivity index (χ3v) is 4.18. The summed E-state index contributed by atoms with van der Waals surface area (Å²) in [4.78, 5) is 0. The fourth-order valence-electron chi connectivity index (χ4n) is 2.92. The molecule has 21 heavy (non-hydrogen) atoms. The lowest BCUT2D eigenvalue weighted by molar-refractivity contribution is -0.0184. The van der Waals surface area contributed by atoms with Crippen LogP contribution in [0.3, 0.4) is 0 Å². The Kier molecular flexibility index (Phi) is 5.85. The summed E-state index contributed by atoms with van der Waals surface area (Å²) in [6.07, 6.45) is 1.46. The Labute approximate surface area is 126 Å². The SMILES string of the molecule is COc1ccc(C(CN)C(O)C2CCCOC2)cc1OC. The summed E-state index contributed by atoms with van der Waals surface area (Å²) in [6, 6.07) is 5.68. The average molecular weight is 295 g/mol. The van der Waals surface area contributed by atoms with Crippen LogP contribution in [-0.2, 0) is 4.74 Å². The summed E-state index contributed by atoms with van der Waals surface area (Å²) in [7, 11) is 3.21. The molecule has 1 aliphatic rings. The Morgan fingerprint density at radius 3 is 2.67 bits per heavy atom. The van der Waals surface area contributed by atoms with Crippen LogP contribution in [-0.4, -0.2) is 45.2 Å². The lowest BCUT2D eigenvalue weighted by atomic mass is 9.83. The van der Waals surface area contributed by atoms with Crippen LogP contribution >= 0.6 is 0 Å². The maximum absolute atomic E-state index is 10.6. The number of benzene rings is 1. The van der Waals surface area contributed by atoms with E-state index in [1.54, 1.807) is 14.2 Å². The first kappa shape index (κ1) is 16.1. The molecule has 1 aliphatic heterocycles. The minimum Gasteiger partial charge on any atom is -0.493 e. The van der Waals surface area contributed by atoms with E-state index in [0.717, 1.165) is 25.0 Å². The monoisotopic (exact) mass is 295 g/mol. The zero-order valence-corrected chi connectivity index (χ0v) is 12.7. The van der Waals surface area contributed by atoms with E-state index in [2.05, 4.69) is 0 Å². The van der Waals surface area contributed by atoms with E-state index in [-0.39, 0.29) is 11.8 Å². The Morgan fingerprint density at radius 2 is 2.10 bits per heavy atom. The van der Waals surface area contributed by atoms with Gasteiger partial charge in [-0.25, -0.2) is 0 Å². The van der Waals surface area contributed by atoms with E-state index in [1.807, 2.05) is 18.2 Å². The predicted molar refractivity (Wildman–Crippen MR) is 80.9 cm³/mol. The standard InChI is InChI=1S/C16H25NO4/c1-19-14-6-5-11(8-15(14)20-2)13(9-17)16(18)12-4-3-7-21-10-12/h5-6,8,12-13,16,18H,3-4,7,9-10,17H2,1-2H3. The fourth-order valence-corrected chi connectivity index (χ4v) is 2.92. The molecule has 0 aromatic heterocycles. The minimum atomic E-state index is -0.506. The van der Waals surface area contributed by atoms with Crippen LogP contribution in [0.4, 0.5) is 0 Å². The number of hydrogen-bond donors (Lipinski definition) is 2. The van der Waals surface area contributed by atoms with Crippen LogP contribution in [0.25, 0.3) is 0 Å². The van der Waals surface area contributed by atoms with Crippen molar-refractivity contribution in [1.82, 2.24) is 0 Å². The van der Waals surface area contributed by atoms with Gasteiger partial charge >= 0.3 is 0 Å². The summed E-state index contributed by atoms with van der Waals surface area (Å²) < 4.78 is 16.0. The molecule has 5 nitrogen and oxygen atoms in total. The molecule has 0 bridgehead atoms. The third-order valence-electron chi connectivity index (χ3n) is 4.18. The van der Waals surface area contributed by atoms with Gasteiger partial charge in [0, 0.05) is 25.0 Å². The third kappa shape index (κ3) is 3.67. The molecular formula is C16H25NO4. The van der Waals surface area contributed by atoms with Gasteiger partial charge in [-0.2, -0.15) is 0 Å². The van der Waals surface area contributed by atoms with Gasteiger partial charge < -0.3 is 25.1 Å². The van der Waals surface area contributed by atoms with Crippen LogP contribution in [0.5, 0.6) is 11.5 Å². The maximum Gasteiger partial charge on any atom is 0.160 e. The Balaban J connectivity index is 2.19. The van der Waals surface area contributed by atoms with Crippen molar-refractivity contribution in [1.29, 1.82) is 0 Å². The molecule has 0 spiro atoms. The highest BCUT2D eigenvalue weighted by atomic mass is 16.5. The predicted octanol–water partition coefficient (Wildman–Crippen LogP) is 1.53. The molecule has 1 heterocycles. The van der Waals surface area contributed by atoms with Gasteiger partial charge in [0.25, 0.3) is 0 Å². The number of ether oxygens (including phenoxy) is 3. The second-order valence-electron chi connectivity index (χ2n) is 5.42. The number of nitrogens with two attached hydrogens (primary N) is 1. The van der Waals surface area contributed by atoms with Gasteiger partial charge in [-0.15, -0.1) is 0 Å². The molecule has 3 unspecified atom stereocenters. The first-order chi connectivity index (χ1) is 10.2. The van der Waals surface area contributed by atoms with Gasteiger partial charge in [-0.3, -0.25) is 0 Å². The van der Waals surface area contributed by atoms with Gasteiger partial charge in [0.05, 0.1) is 26.9 Å². The molecule has 0 aliphatic carbocycles. The highest BCUT2D eigenvalue weighted by Crippen LogP contribution is 2.34. The molecule has 1 aromatic rings. The second-order valence-corrected chi connectivity index (χ2v) is 5.42. The Morgan fingerprint density at radius 1 is 1.33 bits per heavy atom. The molecule has 2 rings (SSSR count). The van der Waals surface area contributed by atoms with Crippen LogP contribution in [0.1, 0.15) is 24.3 Å². The number of rotatable bonds is 6. The van der Waals surface area contributed by atoms with Crippen molar-refractivity contribution >= 4 is 0 Å².